The summed E-state index contributed by atoms with van der Waals surface area (Å²) in [5.41, 5.74) is 0.123. The van der Waals surface area contributed by atoms with Crippen LogP contribution in [0, 0.1) is 17.5 Å². The Morgan fingerprint density at radius 3 is 2.48 bits per heavy atom. The van der Waals surface area contributed by atoms with Crippen molar-refractivity contribution in [3.63, 3.8) is 0 Å². The van der Waals surface area contributed by atoms with Crippen LogP contribution in [0.5, 0.6) is 5.75 Å². The molecule has 0 radical (unpaired) electrons. The highest BCUT2D eigenvalue weighted by molar-refractivity contribution is 9.10. The first kappa shape index (κ1) is 15.6. The molecule has 0 amide bonds. The van der Waals surface area contributed by atoms with Gasteiger partial charge in [0.1, 0.15) is 5.75 Å². The van der Waals surface area contributed by atoms with E-state index in [1.165, 1.54) is 7.11 Å². The predicted molar refractivity (Wildman–Crippen MR) is 75.0 cm³/mol. The molecule has 0 bridgehead atoms. The molecule has 0 N–H and O–H groups in total. The largest absolute Gasteiger partial charge is 0.496 e. The molecular weight excluding hydrogens is 349 g/mol. The molecule has 0 saturated heterocycles. The van der Waals surface area contributed by atoms with Gasteiger partial charge < -0.3 is 4.74 Å². The van der Waals surface area contributed by atoms with Crippen LogP contribution < -0.4 is 4.74 Å². The third-order valence-electron chi connectivity index (χ3n) is 2.92. The van der Waals surface area contributed by atoms with Gasteiger partial charge in [0.2, 0.25) is 0 Å². The van der Waals surface area contributed by atoms with Gasteiger partial charge in [0.25, 0.3) is 0 Å². The zero-order chi connectivity index (χ0) is 15.6. The fraction of sp³-hybridized carbons (Fsp3) is 0.133. The number of ether oxygens (including phenoxy) is 1. The van der Waals surface area contributed by atoms with Gasteiger partial charge >= 0.3 is 0 Å². The Hall–Kier alpha value is -1.82. The van der Waals surface area contributed by atoms with Gasteiger partial charge in [0, 0.05) is 6.42 Å². The molecule has 2 aromatic carbocycles. The first-order valence-corrected chi connectivity index (χ1v) is 6.72. The first-order valence-electron chi connectivity index (χ1n) is 5.93. The smallest absolute Gasteiger partial charge is 0.195 e. The van der Waals surface area contributed by atoms with Crippen molar-refractivity contribution < 1.29 is 22.7 Å². The number of rotatable bonds is 4. The summed E-state index contributed by atoms with van der Waals surface area (Å²) < 4.78 is 45.2. The number of benzene rings is 2. The van der Waals surface area contributed by atoms with E-state index in [0.717, 1.165) is 12.1 Å². The molecule has 110 valence electrons. The van der Waals surface area contributed by atoms with Crippen molar-refractivity contribution in [2.45, 2.75) is 6.42 Å². The van der Waals surface area contributed by atoms with Crippen molar-refractivity contribution in [1.82, 2.24) is 0 Å². The van der Waals surface area contributed by atoms with E-state index < -0.39 is 28.8 Å². The Balaban J connectivity index is 2.26. The molecule has 0 atom stereocenters. The molecule has 0 unspecified atom stereocenters. The van der Waals surface area contributed by atoms with Crippen molar-refractivity contribution in [2.24, 2.45) is 0 Å². The van der Waals surface area contributed by atoms with E-state index in [9.17, 15) is 18.0 Å². The fourth-order valence-corrected chi connectivity index (χ4v) is 2.43. The van der Waals surface area contributed by atoms with E-state index >= 15 is 0 Å². The van der Waals surface area contributed by atoms with Crippen LogP contribution in [0.3, 0.4) is 0 Å². The predicted octanol–water partition coefficient (Wildman–Crippen LogP) is 4.30. The molecule has 6 heteroatoms. The van der Waals surface area contributed by atoms with Crippen molar-refractivity contribution in [3.05, 3.63) is 63.4 Å². The first-order chi connectivity index (χ1) is 9.93. The lowest BCUT2D eigenvalue weighted by molar-refractivity contribution is 0.0988. The van der Waals surface area contributed by atoms with Crippen LogP contribution in [-0.4, -0.2) is 12.9 Å². The second-order valence-corrected chi connectivity index (χ2v) is 5.15. The molecule has 0 saturated carbocycles. The summed E-state index contributed by atoms with van der Waals surface area (Å²) in [5.74, 6) is -4.48. The Labute approximate surface area is 127 Å². The molecule has 2 nitrogen and oxygen atoms in total. The number of ketones is 1. The summed E-state index contributed by atoms with van der Waals surface area (Å²) in [4.78, 5) is 12.0. The van der Waals surface area contributed by atoms with Gasteiger partial charge in [-0.05, 0) is 45.8 Å². The van der Waals surface area contributed by atoms with Crippen molar-refractivity contribution in [2.75, 3.05) is 7.11 Å². The maximum absolute atomic E-state index is 13.5. The highest BCUT2D eigenvalue weighted by Gasteiger charge is 2.19. The van der Waals surface area contributed by atoms with E-state index in [4.69, 9.17) is 4.74 Å². The van der Waals surface area contributed by atoms with Gasteiger partial charge in [-0.1, -0.05) is 6.07 Å². The van der Waals surface area contributed by atoms with Crippen molar-refractivity contribution in [1.29, 1.82) is 0 Å². The minimum atomic E-state index is -1.64. The molecule has 0 aromatic heterocycles. The molecule has 0 aliphatic rings. The SMILES string of the molecule is COc1ccc(CC(=O)c2ccc(F)c(F)c2F)cc1Br. The Kier molecular flexibility index (Phi) is 4.67. The number of carbonyl (C=O) groups excluding carboxylic acids is 1. The second kappa shape index (κ2) is 6.30. The molecule has 21 heavy (non-hydrogen) atoms. The normalized spacial score (nSPS) is 10.5. The summed E-state index contributed by atoms with van der Waals surface area (Å²) >= 11 is 3.27. The third-order valence-corrected chi connectivity index (χ3v) is 3.54. The van der Waals surface area contributed by atoms with Crippen molar-refractivity contribution in [3.8, 4) is 5.75 Å². The Morgan fingerprint density at radius 1 is 1.14 bits per heavy atom. The van der Waals surface area contributed by atoms with E-state index in [-0.39, 0.29) is 6.42 Å². The molecule has 0 aliphatic carbocycles. The quantitative estimate of drug-likeness (QED) is 0.601. The number of methoxy groups -OCH3 is 1. The average Bonchev–Trinajstić information content (AvgIpc) is 2.45. The lowest BCUT2D eigenvalue weighted by Crippen LogP contribution is -2.08. The van der Waals surface area contributed by atoms with E-state index in [1.807, 2.05) is 0 Å². The molecule has 2 aromatic rings. The summed E-state index contributed by atoms with van der Waals surface area (Å²) in [6.07, 6.45) is -0.134. The Morgan fingerprint density at radius 2 is 1.86 bits per heavy atom. The number of hydrogen-bond acceptors (Lipinski definition) is 2. The summed E-state index contributed by atoms with van der Waals surface area (Å²) in [6, 6.07) is 6.60. The zero-order valence-electron chi connectivity index (χ0n) is 10.9. The molecule has 2 rings (SSSR count). The molecule has 0 aliphatic heterocycles. The lowest BCUT2D eigenvalue weighted by atomic mass is 10.0. The Bertz CT molecular complexity index is 702. The number of carbonyl (C=O) groups is 1. The second-order valence-electron chi connectivity index (χ2n) is 4.29. The minimum absolute atomic E-state index is 0.134. The van der Waals surface area contributed by atoms with Gasteiger partial charge in [-0.15, -0.1) is 0 Å². The topological polar surface area (TPSA) is 26.3 Å². The van der Waals surface area contributed by atoms with Crippen LogP contribution in [0.1, 0.15) is 15.9 Å². The van der Waals surface area contributed by atoms with E-state index in [0.29, 0.717) is 15.8 Å². The zero-order valence-corrected chi connectivity index (χ0v) is 12.5. The standard InChI is InChI=1S/C15H10BrF3O2/c1-21-13-5-2-8(6-10(13)16)7-12(20)9-3-4-11(17)15(19)14(9)18/h2-6H,7H2,1H3. The van der Waals surface area contributed by atoms with Gasteiger partial charge in [-0.3, -0.25) is 4.79 Å². The number of Topliss-reactive ketones (excluding diaryl/α,β-unsaturated/α-hetero) is 1. The minimum Gasteiger partial charge on any atom is -0.496 e. The molecule has 0 spiro atoms. The van der Waals surface area contributed by atoms with Crippen LogP contribution in [-0.2, 0) is 6.42 Å². The average molecular weight is 359 g/mol. The molecule has 0 heterocycles. The van der Waals surface area contributed by atoms with Crippen molar-refractivity contribution >= 4 is 21.7 Å². The third kappa shape index (κ3) is 3.26. The summed E-state index contributed by atoms with van der Waals surface area (Å²) in [7, 11) is 1.50. The van der Waals surface area contributed by atoms with Crippen LogP contribution >= 0.6 is 15.9 Å². The maximum Gasteiger partial charge on any atom is 0.195 e. The van der Waals surface area contributed by atoms with E-state index in [1.54, 1.807) is 18.2 Å². The maximum atomic E-state index is 13.5. The molecular formula is C15H10BrF3O2. The number of halogens is 4. The van der Waals surface area contributed by atoms with Crippen LogP contribution in [0.25, 0.3) is 0 Å². The van der Waals surface area contributed by atoms with Crippen LogP contribution in [0.4, 0.5) is 13.2 Å². The fourth-order valence-electron chi connectivity index (χ4n) is 1.84. The van der Waals surface area contributed by atoms with E-state index in [2.05, 4.69) is 15.9 Å². The van der Waals surface area contributed by atoms with Gasteiger partial charge in [-0.25, -0.2) is 13.2 Å². The van der Waals surface area contributed by atoms with Gasteiger partial charge in [0.05, 0.1) is 17.1 Å². The van der Waals surface area contributed by atoms with Crippen LogP contribution in [0.15, 0.2) is 34.8 Å². The summed E-state index contributed by atoms with van der Waals surface area (Å²) in [6.45, 7) is 0. The van der Waals surface area contributed by atoms with Gasteiger partial charge in [-0.2, -0.15) is 0 Å². The number of hydrogen-bond donors (Lipinski definition) is 0. The lowest BCUT2D eigenvalue weighted by Gasteiger charge is -2.07. The summed E-state index contributed by atoms with van der Waals surface area (Å²) in [5, 5.41) is 0. The highest BCUT2D eigenvalue weighted by atomic mass is 79.9. The monoisotopic (exact) mass is 358 g/mol. The van der Waals surface area contributed by atoms with Crippen LogP contribution in [0.2, 0.25) is 0 Å². The van der Waals surface area contributed by atoms with Gasteiger partial charge in [0.15, 0.2) is 23.2 Å². The molecule has 0 fully saturated rings. The highest BCUT2D eigenvalue weighted by Crippen LogP contribution is 2.26.